The molecule has 0 aliphatic rings. The molecule has 0 heterocycles. The summed E-state index contributed by atoms with van der Waals surface area (Å²) in [5.74, 6) is -1.82. The number of benzene rings is 3. The molecule has 0 fully saturated rings. The first-order chi connectivity index (χ1) is 16.3. The molecule has 0 aliphatic carbocycles. The van der Waals surface area contributed by atoms with Crippen molar-refractivity contribution in [3.8, 4) is 5.75 Å². The summed E-state index contributed by atoms with van der Waals surface area (Å²) in [6, 6.07) is 18.8. The molecule has 0 bridgehead atoms. The monoisotopic (exact) mass is 498 g/mol. The molecule has 0 atom stereocenters. The highest BCUT2D eigenvalue weighted by atomic mass is 35.5. The number of carbonyl (C=O) groups excluding carboxylic acids is 3. The van der Waals surface area contributed by atoms with Crippen molar-refractivity contribution in [1.29, 1.82) is 0 Å². The smallest absolute Gasteiger partial charge is 0.329 e. The fraction of sp³-hybridized carbons (Fsp3) is 0.0833. The molecule has 0 aliphatic heterocycles. The first-order valence-electron chi connectivity index (χ1n) is 10.00. The Hall–Kier alpha value is -3.88. The Morgan fingerprint density at radius 2 is 1.65 bits per heavy atom. The fourth-order valence-electron chi connectivity index (χ4n) is 2.73. The van der Waals surface area contributed by atoms with Gasteiger partial charge in [0.15, 0.2) is 6.61 Å². The van der Waals surface area contributed by atoms with Crippen LogP contribution in [0.25, 0.3) is 0 Å². The number of aryl methyl sites for hydroxylation is 1. The Morgan fingerprint density at radius 1 is 0.912 bits per heavy atom. The second-order valence-electron chi connectivity index (χ2n) is 6.98. The van der Waals surface area contributed by atoms with Crippen LogP contribution in [0, 0.1) is 6.92 Å². The Kier molecular flexibility index (Phi) is 8.61. The van der Waals surface area contributed by atoms with Gasteiger partial charge in [-0.1, -0.05) is 59.6 Å². The lowest BCUT2D eigenvalue weighted by molar-refractivity contribution is -0.136. The van der Waals surface area contributed by atoms with Crippen molar-refractivity contribution in [2.24, 2.45) is 5.10 Å². The SMILES string of the molecule is Cc1ccccc1NC(=O)COc1cccc(/C=N\NC(=O)C(=O)Nc2cccc(Cl)c2Cl)c1. The van der Waals surface area contributed by atoms with Gasteiger partial charge in [0.05, 0.1) is 21.9 Å². The second kappa shape index (κ2) is 11.8. The standard InChI is InChI=1S/C24H20Cl2N4O4/c1-15-6-2-3-10-19(15)28-21(31)14-34-17-8-4-7-16(12-17)13-27-30-24(33)23(32)29-20-11-5-9-18(25)22(20)26/h2-13H,14H2,1H3,(H,28,31)(H,29,32)(H,30,33)/b27-13-. The Morgan fingerprint density at radius 3 is 2.44 bits per heavy atom. The zero-order chi connectivity index (χ0) is 24.5. The molecule has 0 saturated carbocycles. The number of ether oxygens (including phenoxy) is 1. The maximum atomic E-state index is 12.1. The molecule has 34 heavy (non-hydrogen) atoms. The molecule has 3 aromatic rings. The van der Waals surface area contributed by atoms with Gasteiger partial charge >= 0.3 is 11.8 Å². The lowest BCUT2D eigenvalue weighted by Crippen LogP contribution is -2.32. The first kappa shape index (κ1) is 24.8. The summed E-state index contributed by atoms with van der Waals surface area (Å²) in [6.07, 6.45) is 1.33. The summed E-state index contributed by atoms with van der Waals surface area (Å²) in [7, 11) is 0. The summed E-state index contributed by atoms with van der Waals surface area (Å²) < 4.78 is 5.52. The van der Waals surface area contributed by atoms with Gasteiger partial charge in [0.2, 0.25) is 0 Å². The summed E-state index contributed by atoms with van der Waals surface area (Å²) in [4.78, 5) is 36.1. The molecule has 174 valence electrons. The maximum absolute atomic E-state index is 12.1. The molecule has 0 radical (unpaired) electrons. The zero-order valence-electron chi connectivity index (χ0n) is 18.0. The van der Waals surface area contributed by atoms with Crippen molar-refractivity contribution in [1.82, 2.24) is 5.43 Å². The number of hydrazone groups is 1. The summed E-state index contributed by atoms with van der Waals surface area (Å²) >= 11 is 11.9. The van der Waals surface area contributed by atoms with E-state index in [0.29, 0.717) is 11.3 Å². The largest absolute Gasteiger partial charge is 0.484 e. The van der Waals surface area contributed by atoms with Crippen LogP contribution in [-0.2, 0) is 14.4 Å². The molecule has 3 aromatic carbocycles. The number of anilines is 2. The van der Waals surface area contributed by atoms with E-state index in [4.69, 9.17) is 27.9 Å². The summed E-state index contributed by atoms with van der Waals surface area (Å²) in [5.41, 5.74) is 4.57. The minimum atomic E-state index is -0.993. The molecule has 0 saturated heterocycles. The first-order valence-corrected chi connectivity index (χ1v) is 10.8. The van der Waals surface area contributed by atoms with Crippen LogP contribution < -0.4 is 20.8 Å². The van der Waals surface area contributed by atoms with Crippen LogP contribution in [0.2, 0.25) is 10.0 Å². The topological polar surface area (TPSA) is 109 Å². The van der Waals surface area contributed by atoms with Gasteiger partial charge in [-0.05, 0) is 48.4 Å². The lowest BCUT2D eigenvalue weighted by atomic mass is 10.2. The third-order valence-corrected chi connectivity index (χ3v) is 5.25. The maximum Gasteiger partial charge on any atom is 0.329 e. The molecule has 3 amide bonds. The van der Waals surface area contributed by atoms with Crippen LogP contribution in [0.5, 0.6) is 5.75 Å². The average molecular weight is 499 g/mol. The van der Waals surface area contributed by atoms with E-state index in [1.807, 2.05) is 31.2 Å². The molecular weight excluding hydrogens is 479 g/mol. The minimum absolute atomic E-state index is 0.123. The van der Waals surface area contributed by atoms with Gasteiger partial charge in [0, 0.05) is 5.69 Å². The van der Waals surface area contributed by atoms with Crippen LogP contribution in [0.4, 0.5) is 11.4 Å². The molecule has 0 aromatic heterocycles. The number of nitrogens with one attached hydrogen (secondary N) is 3. The predicted molar refractivity (Wildman–Crippen MR) is 133 cm³/mol. The molecule has 3 rings (SSSR count). The van der Waals surface area contributed by atoms with E-state index in [0.717, 1.165) is 11.3 Å². The van der Waals surface area contributed by atoms with Crippen molar-refractivity contribution in [2.45, 2.75) is 6.92 Å². The van der Waals surface area contributed by atoms with Crippen molar-refractivity contribution >= 4 is 58.5 Å². The Labute approximate surface area is 205 Å². The van der Waals surface area contributed by atoms with Crippen LogP contribution in [-0.4, -0.2) is 30.5 Å². The highest BCUT2D eigenvalue weighted by Gasteiger charge is 2.15. The normalized spacial score (nSPS) is 10.6. The van der Waals surface area contributed by atoms with E-state index in [1.165, 1.54) is 12.3 Å². The number of hydrogen-bond acceptors (Lipinski definition) is 5. The fourth-order valence-corrected chi connectivity index (χ4v) is 3.08. The van der Waals surface area contributed by atoms with Crippen LogP contribution in [0.15, 0.2) is 71.8 Å². The number of carbonyl (C=O) groups is 3. The quantitative estimate of drug-likeness (QED) is 0.254. The van der Waals surface area contributed by atoms with Crippen LogP contribution in [0.3, 0.4) is 0 Å². The highest BCUT2D eigenvalue weighted by Crippen LogP contribution is 2.29. The molecule has 3 N–H and O–H groups in total. The number of rotatable bonds is 7. The van der Waals surface area contributed by atoms with Crippen molar-refractivity contribution in [3.63, 3.8) is 0 Å². The lowest BCUT2D eigenvalue weighted by Gasteiger charge is -2.09. The minimum Gasteiger partial charge on any atom is -0.484 e. The summed E-state index contributed by atoms with van der Waals surface area (Å²) in [5, 5.41) is 9.28. The molecule has 0 spiro atoms. The molecule has 8 nitrogen and oxygen atoms in total. The highest BCUT2D eigenvalue weighted by molar-refractivity contribution is 6.45. The Balaban J connectivity index is 1.50. The summed E-state index contributed by atoms with van der Waals surface area (Å²) in [6.45, 7) is 1.71. The van der Waals surface area contributed by atoms with Gasteiger partial charge in [0.25, 0.3) is 5.91 Å². The van der Waals surface area contributed by atoms with Gasteiger partial charge in [-0.25, -0.2) is 5.43 Å². The van der Waals surface area contributed by atoms with Gasteiger partial charge in [-0.2, -0.15) is 5.10 Å². The van der Waals surface area contributed by atoms with E-state index in [9.17, 15) is 14.4 Å². The average Bonchev–Trinajstić information content (AvgIpc) is 2.82. The Bertz CT molecular complexity index is 1250. The number of hydrogen-bond donors (Lipinski definition) is 3. The van der Waals surface area contributed by atoms with E-state index in [1.54, 1.807) is 36.4 Å². The van der Waals surface area contributed by atoms with E-state index in [-0.39, 0.29) is 28.2 Å². The predicted octanol–water partition coefficient (Wildman–Crippen LogP) is 4.41. The zero-order valence-corrected chi connectivity index (χ0v) is 19.5. The molecule has 10 heteroatoms. The van der Waals surface area contributed by atoms with Crippen molar-refractivity contribution < 1.29 is 19.1 Å². The molecular formula is C24H20Cl2N4O4. The van der Waals surface area contributed by atoms with Gasteiger partial charge in [-0.3, -0.25) is 14.4 Å². The van der Waals surface area contributed by atoms with E-state index >= 15 is 0 Å². The third kappa shape index (κ3) is 7.06. The third-order valence-electron chi connectivity index (χ3n) is 4.43. The van der Waals surface area contributed by atoms with Crippen LogP contribution >= 0.6 is 23.2 Å². The van der Waals surface area contributed by atoms with Gasteiger partial charge in [0.1, 0.15) is 5.75 Å². The van der Waals surface area contributed by atoms with E-state index in [2.05, 4.69) is 21.2 Å². The molecule has 0 unspecified atom stereocenters. The van der Waals surface area contributed by atoms with E-state index < -0.39 is 11.8 Å². The number of amides is 3. The van der Waals surface area contributed by atoms with Gasteiger partial charge < -0.3 is 15.4 Å². The second-order valence-corrected chi connectivity index (χ2v) is 7.76. The van der Waals surface area contributed by atoms with Crippen LogP contribution in [0.1, 0.15) is 11.1 Å². The van der Waals surface area contributed by atoms with Crippen molar-refractivity contribution in [2.75, 3.05) is 17.2 Å². The number of nitrogens with zero attached hydrogens (tertiary/aromatic N) is 1. The van der Waals surface area contributed by atoms with Crippen molar-refractivity contribution in [3.05, 3.63) is 87.9 Å². The number of para-hydroxylation sites is 1. The number of halogens is 2. The van der Waals surface area contributed by atoms with Gasteiger partial charge in [-0.15, -0.1) is 0 Å².